The first kappa shape index (κ1) is 14.8. The van der Waals surface area contributed by atoms with Crippen LogP contribution in [0.25, 0.3) is 0 Å². The van der Waals surface area contributed by atoms with Crippen molar-refractivity contribution in [3.8, 4) is 5.75 Å². The highest BCUT2D eigenvalue weighted by molar-refractivity contribution is 5.94. The number of hydrogen-bond donors (Lipinski definition) is 1. The molecule has 1 fully saturated rings. The van der Waals surface area contributed by atoms with E-state index in [4.69, 9.17) is 0 Å². The van der Waals surface area contributed by atoms with Crippen molar-refractivity contribution in [1.82, 2.24) is 9.88 Å². The summed E-state index contributed by atoms with van der Waals surface area (Å²) in [6.45, 7) is 8.29. The summed E-state index contributed by atoms with van der Waals surface area (Å²) >= 11 is 0. The molecule has 0 bridgehead atoms. The van der Waals surface area contributed by atoms with E-state index in [2.05, 4.69) is 25.8 Å². The molecule has 110 valence electrons. The summed E-state index contributed by atoms with van der Waals surface area (Å²) in [7, 11) is 0. The Balaban J connectivity index is 2.08. The van der Waals surface area contributed by atoms with Crippen LogP contribution in [-0.4, -0.2) is 34.0 Å². The second-order valence-corrected chi connectivity index (χ2v) is 6.66. The minimum atomic E-state index is -0.155. The molecule has 4 nitrogen and oxygen atoms in total. The lowest BCUT2D eigenvalue weighted by Gasteiger charge is -2.29. The number of likely N-dealkylation sites (tertiary alicyclic amines) is 1. The van der Waals surface area contributed by atoms with E-state index >= 15 is 0 Å². The van der Waals surface area contributed by atoms with Gasteiger partial charge in [-0.05, 0) is 42.7 Å². The van der Waals surface area contributed by atoms with Gasteiger partial charge in [0.1, 0.15) is 5.75 Å². The highest BCUT2D eigenvalue weighted by Gasteiger charge is 2.29. The lowest BCUT2D eigenvalue weighted by molar-refractivity contribution is 0.0746. The maximum atomic E-state index is 12.4. The number of rotatable bonds is 1. The van der Waals surface area contributed by atoms with E-state index in [1.165, 1.54) is 6.07 Å². The Kier molecular flexibility index (Phi) is 4.31. The van der Waals surface area contributed by atoms with Crippen molar-refractivity contribution in [2.24, 2.45) is 11.3 Å². The molecule has 1 aromatic rings. The van der Waals surface area contributed by atoms with Crippen LogP contribution in [0.15, 0.2) is 18.3 Å². The molecule has 1 aromatic heterocycles. The SMILES string of the molecule is CC(C)(C)C1CCCN(C(=O)c2ncccc2O)CC1. The lowest BCUT2D eigenvalue weighted by atomic mass is 9.77. The van der Waals surface area contributed by atoms with Gasteiger partial charge >= 0.3 is 0 Å². The van der Waals surface area contributed by atoms with Gasteiger partial charge in [-0.15, -0.1) is 0 Å². The average molecular weight is 276 g/mol. The Morgan fingerprint density at radius 2 is 2.10 bits per heavy atom. The summed E-state index contributed by atoms with van der Waals surface area (Å²) < 4.78 is 0. The first-order valence-corrected chi connectivity index (χ1v) is 7.33. The fourth-order valence-corrected chi connectivity index (χ4v) is 2.88. The number of nitrogens with zero attached hydrogens (tertiary/aromatic N) is 2. The van der Waals surface area contributed by atoms with Crippen LogP contribution in [-0.2, 0) is 0 Å². The minimum Gasteiger partial charge on any atom is -0.505 e. The van der Waals surface area contributed by atoms with Gasteiger partial charge in [0.25, 0.3) is 5.91 Å². The van der Waals surface area contributed by atoms with Crippen LogP contribution in [0, 0.1) is 11.3 Å². The molecule has 1 saturated heterocycles. The molecule has 0 radical (unpaired) electrons. The molecular formula is C16H24N2O2. The normalized spacial score (nSPS) is 20.6. The number of carbonyl (C=O) groups excluding carboxylic acids is 1. The lowest BCUT2D eigenvalue weighted by Crippen LogP contribution is -2.33. The van der Waals surface area contributed by atoms with Crippen LogP contribution >= 0.6 is 0 Å². The molecule has 4 heteroatoms. The van der Waals surface area contributed by atoms with E-state index < -0.39 is 0 Å². The van der Waals surface area contributed by atoms with E-state index in [0.29, 0.717) is 5.92 Å². The summed E-state index contributed by atoms with van der Waals surface area (Å²) in [5.74, 6) is 0.449. The van der Waals surface area contributed by atoms with Crippen LogP contribution in [0.5, 0.6) is 5.75 Å². The van der Waals surface area contributed by atoms with E-state index in [9.17, 15) is 9.90 Å². The van der Waals surface area contributed by atoms with Gasteiger partial charge < -0.3 is 10.0 Å². The van der Waals surface area contributed by atoms with Gasteiger partial charge in [0.15, 0.2) is 5.69 Å². The first-order chi connectivity index (χ1) is 9.39. The molecule has 1 aliphatic heterocycles. The Labute approximate surface area is 120 Å². The van der Waals surface area contributed by atoms with Gasteiger partial charge in [-0.2, -0.15) is 0 Å². The smallest absolute Gasteiger partial charge is 0.276 e. The summed E-state index contributed by atoms with van der Waals surface area (Å²) in [6, 6.07) is 3.14. The van der Waals surface area contributed by atoms with Crippen LogP contribution in [0.2, 0.25) is 0 Å². The maximum absolute atomic E-state index is 12.4. The summed E-state index contributed by atoms with van der Waals surface area (Å²) in [4.78, 5) is 18.3. The molecule has 1 atom stereocenters. The van der Waals surface area contributed by atoms with Crippen LogP contribution < -0.4 is 0 Å². The third kappa shape index (κ3) is 3.30. The van der Waals surface area contributed by atoms with E-state index in [0.717, 1.165) is 32.4 Å². The molecule has 1 N–H and O–H groups in total. The van der Waals surface area contributed by atoms with Gasteiger partial charge in [-0.25, -0.2) is 4.98 Å². The van der Waals surface area contributed by atoms with E-state index in [-0.39, 0.29) is 22.8 Å². The molecule has 20 heavy (non-hydrogen) atoms. The van der Waals surface area contributed by atoms with Crippen molar-refractivity contribution >= 4 is 5.91 Å². The molecule has 1 amide bonds. The number of hydrogen-bond acceptors (Lipinski definition) is 3. The molecule has 0 aliphatic carbocycles. The number of pyridine rings is 1. The van der Waals surface area contributed by atoms with E-state index in [1.807, 2.05) is 4.90 Å². The van der Waals surface area contributed by atoms with Crippen molar-refractivity contribution in [2.75, 3.05) is 13.1 Å². The molecular weight excluding hydrogens is 252 g/mol. The summed E-state index contributed by atoms with van der Waals surface area (Å²) in [5, 5.41) is 9.75. The maximum Gasteiger partial charge on any atom is 0.276 e. The Morgan fingerprint density at radius 1 is 1.35 bits per heavy atom. The predicted octanol–water partition coefficient (Wildman–Crippen LogP) is 3.08. The van der Waals surface area contributed by atoms with Crippen LogP contribution in [0.3, 0.4) is 0 Å². The molecule has 0 spiro atoms. The summed E-state index contributed by atoms with van der Waals surface area (Å²) in [6.07, 6.45) is 4.73. The van der Waals surface area contributed by atoms with Gasteiger partial charge in [-0.1, -0.05) is 20.8 Å². The summed E-state index contributed by atoms with van der Waals surface area (Å²) in [5.41, 5.74) is 0.452. The fourth-order valence-electron chi connectivity index (χ4n) is 2.88. The predicted molar refractivity (Wildman–Crippen MR) is 78.6 cm³/mol. The Bertz CT molecular complexity index is 480. The van der Waals surface area contributed by atoms with Gasteiger partial charge in [0.05, 0.1) is 0 Å². The van der Waals surface area contributed by atoms with Gasteiger partial charge in [-0.3, -0.25) is 4.79 Å². The van der Waals surface area contributed by atoms with Crippen LogP contribution in [0.1, 0.15) is 50.5 Å². The van der Waals surface area contributed by atoms with Crippen molar-refractivity contribution in [1.29, 1.82) is 0 Å². The van der Waals surface area contributed by atoms with Crippen LogP contribution in [0.4, 0.5) is 0 Å². The zero-order valence-electron chi connectivity index (χ0n) is 12.6. The van der Waals surface area contributed by atoms with Crippen molar-refractivity contribution in [2.45, 2.75) is 40.0 Å². The minimum absolute atomic E-state index is 0.0332. The van der Waals surface area contributed by atoms with E-state index in [1.54, 1.807) is 12.3 Å². The zero-order chi connectivity index (χ0) is 14.8. The van der Waals surface area contributed by atoms with Crippen molar-refractivity contribution in [3.63, 3.8) is 0 Å². The monoisotopic (exact) mass is 276 g/mol. The number of aromatic nitrogens is 1. The average Bonchev–Trinajstić information content (AvgIpc) is 2.63. The molecule has 0 saturated carbocycles. The number of aromatic hydroxyl groups is 1. The highest BCUT2D eigenvalue weighted by Crippen LogP contribution is 2.34. The Hall–Kier alpha value is -1.58. The molecule has 2 rings (SSSR count). The third-order valence-electron chi connectivity index (χ3n) is 4.23. The van der Waals surface area contributed by atoms with Crippen molar-refractivity contribution in [3.05, 3.63) is 24.0 Å². The van der Waals surface area contributed by atoms with Gasteiger partial charge in [0.2, 0.25) is 0 Å². The first-order valence-electron chi connectivity index (χ1n) is 7.33. The quantitative estimate of drug-likeness (QED) is 0.857. The van der Waals surface area contributed by atoms with Crippen molar-refractivity contribution < 1.29 is 9.90 Å². The zero-order valence-corrected chi connectivity index (χ0v) is 12.6. The fraction of sp³-hybridized carbons (Fsp3) is 0.625. The second kappa shape index (κ2) is 5.81. The number of amides is 1. The third-order valence-corrected chi connectivity index (χ3v) is 4.23. The Morgan fingerprint density at radius 3 is 2.75 bits per heavy atom. The molecule has 1 aliphatic rings. The topological polar surface area (TPSA) is 53.4 Å². The molecule has 2 heterocycles. The van der Waals surface area contributed by atoms with Gasteiger partial charge in [0, 0.05) is 19.3 Å². The number of carbonyl (C=O) groups is 1. The highest BCUT2D eigenvalue weighted by atomic mass is 16.3. The molecule has 1 unspecified atom stereocenters. The molecule has 0 aromatic carbocycles. The second-order valence-electron chi connectivity index (χ2n) is 6.66. The largest absolute Gasteiger partial charge is 0.505 e. The standard InChI is InChI=1S/C16H24N2O2/c1-16(2,3)12-6-5-10-18(11-8-12)15(20)14-13(19)7-4-9-17-14/h4,7,9,12,19H,5-6,8,10-11H2,1-3H3.